The molecule has 1 aromatic carbocycles. The molecule has 0 aliphatic carbocycles. The minimum atomic E-state index is -0.158. The number of amides is 1. The van der Waals surface area contributed by atoms with E-state index in [1.54, 1.807) is 13.2 Å². The molecule has 1 amide bonds. The van der Waals surface area contributed by atoms with Crippen LogP contribution in [0.1, 0.15) is 31.7 Å². The quantitative estimate of drug-likeness (QED) is 0.466. The van der Waals surface area contributed by atoms with E-state index >= 15 is 0 Å². The summed E-state index contributed by atoms with van der Waals surface area (Å²) < 4.78 is 11.6. The lowest BCUT2D eigenvalue weighted by molar-refractivity contribution is -0.115. The molecule has 0 radical (unpaired) electrons. The summed E-state index contributed by atoms with van der Waals surface area (Å²) in [5.41, 5.74) is 0.875. The zero-order chi connectivity index (χ0) is 15.9. The molecule has 0 saturated carbocycles. The van der Waals surface area contributed by atoms with Crippen LogP contribution in [-0.4, -0.2) is 23.9 Å². The molecule has 118 valence electrons. The van der Waals surface area contributed by atoms with Gasteiger partial charge in [-0.1, -0.05) is 49.8 Å². The van der Waals surface area contributed by atoms with E-state index in [1.807, 2.05) is 18.2 Å². The smallest absolute Gasteiger partial charge is 0.263 e. The van der Waals surface area contributed by atoms with E-state index in [0.717, 1.165) is 30.6 Å². The Balaban J connectivity index is 2.10. The predicted octanol–water partition coefficient (Wildman–Crippen LogP) is 3.75. The summed E-state index contributed by atoms with van der Waals surface area (Å²) in [4.78, 5) is 12.3. The van der Waals surface area contributed by atoms with Crippen LogP contribution in [0.15, 0.2) is 23.1 Å². The second-order valence-electron chi connectivity index (χ2n) is 4.82. The minimum Gasteiger partial charge on any atom is -0.493 e. The van der Waals surface area contributed by atoms with Crippen LogP contribution in [-0.2, 0) is 4.79 Å². The number of rotatable bonds is 7. The number of hydrogen-bond acceptors (Lipinski definition) is 5. The van der Waals surface area contributed by atoms with E-state index in [4.69, 9.17) is 21.7 Å². The molecule has 0 spiro atoms. The summed E-state index contributed by atoms with van der Waals surface area (Å²) in [6.07, 6.45) is 5.13. The Morgan fingerprint density at radius 1 is 1.32 bits per heavy atom. The van der Waals surface area contributed by atoms with Crippen LogP contribution in [0.2, 0.25) is 0 Å². The van der Waals surface area contributed by atoms with E-state index in [0.29, 0.717) is 21.6 Å². The van der Waals surface area contributed by atoms with Crippen molar-refractivity contribution in [1.29, 1.82) is 0 Å². The highest BCUT2D eigenvalue weighted by molar-refractivity contribution is 8.26. The van der Waals surface area contributed by atoms with Crippen molar-refractivity contribution in [3.05, 3.63) is 28.7 Å². The van der Waals surface area contributed by atoms with Gasteiger partial charge in [0, 0.05) is 0 Å². The molecule has 1 aromatic rings. The van der Waals surface area contributed by atoms with Gasteiger partial charge in [0.15, 0.2) is 11.5 Å². The van der Waals surface area contributed by atoms with Gasteiger partial charge in [-0.2, -0.15) is 0 Å². The maximum absolute atomic E-state index is 11.7. The fourth-order valence-corrected chi connectivity index (χ4v) is 3.04. The molecular formula is C16H19NO3S2. The lowest BCUT2D eigenvalue weighted by atomic mass is 10.2. The number of nitrogens with one attached hydrogen (secondary N) is 1. The summed E-state index contributed by atoms with van der Waals surface area (Å²) in [7, 11) is 1.61. The van der Waals surface area contributed by atoms with Crippen LogP contribution in [0.25, 0.3) is 6.08 Å². The Labute approximate surface area is 140 Å². The van der Waals surface area contributed by atoms with Crippen LogP contribution < -0.4 is 14.8 Å². The van der Waals surface area contributed by atoms with Crippen molar-refractivity contribution >= 4 is 40.3 Å². The van der Waals surface area contributed by atoms with Crippen LogP contribution in [0.4, 0.5) is 0 Å². The van der Waals surface area contributed by atoms with E-state index in [9.17, 15) is 4.79 Å². The maximum atomic E-state index is 11.7. The molecule has 4 nitrogen and oxygen atoms in total. The van der Waals surface area contributed by atoms with Crippen molar-refractivity contribution < 1.29 is 14.3 Å². The van der Waals surface area contributed by atoms with Gasteiger partial charge in [0.25, 0.3) is 5.91 Å². The van der Waals surface area contributed by atoms with Crippen LogP contribution in [0.3, 0.4) is 0 Å². The minimum absolute atomic E-state index is 0.158. The highest BCUT2D eigenvalue weighted by atomic mass is 32.2. The Hall–Kier alpha value is -1.53. The first-order valence-electron chi connectivity index (χ1n) is 7.19. The Morgan fingerprint density at radius 2 is 2.14 bits per heavy atom. The number of thiocarbonyl (C=S) groups is 1. The number of methoxy groups -OCH3 is 1. The lowest BCUT2D eigenvalue weighted by Gasteiger charge is -2.11. The summed E-state index contributed by atoms with van der Waals surface area (Å²) in [5, 5.41) is 2.60. The van der Waals surface area contributed by atoms with E-state index < -0.39 is 0 Å². The number of hydrogen-bond donors (Lipinski definition) is 1. The van der Waals surface area contributed by atoms with Gasteiger partial charge in [0.2, 0.25) is 0 Å². The van der Waals surface area contributed by atoms with Gasteiger partial charge in [-0.15, -0.1) is 0 Å². The Kier molecular flexibility index (Phi) is 6.27. The zero-order valence-corrected chi connectivity index (χ0v) is 14.3. The molecule has 22 heavy (non-hydrogen) atoms. The number of ether oxygens (including phenoxy) is 2. The monoisotopic (exact) mass is 337 g/mol. The highest BCUT2D eigenvalue weighted by Crippen LogP contribution is 2.31. The molecule has 1 aliphatic rings. The van der Waals surface area contributed by atoms with Crippen molar-refractivity contribution in [3.63, 3.8) is 0 Å². The number of carbonyl (C=O) groups is 1. The molecular weight excluding hydrogens is 318 g/mol. The van der Waals surface area contributed by atoms with Crippen molar-refractivity contribution in [3.8, 4) is 11.5 Å². The van der Waals surface area contributed by atoms with E-state index in [1.165, 1.54) is 11.8 Å². The first kappa shape index (κ1) is 16.8. The molecule has 0 bridgehead atoms. The number of thioether (sulfide) groups is 1. The van der Waals surface area contributed by atoms with Crippen molar-refractivity contribution in [2.75, 3.05) is 13.7 Å². The number of benzene rings is 1. The average molecular weight is 337 g/mol. The standard InChI is InChI=1S/C16H19NO3S2/c1-3-4-5-8-20-12-7-6-11(9-13(12)19-2)10-14-15(18)17-16(21)22-14/h6-7,9-10H,3-5,8H2,1-2H3,(H,17,18,21)/b14-10-. The van der Waals surface area contributed by atoms with Crippen LogP contribution in [0.5, 0.6) is 11.5 Å². The summed E-state index contributed by atoms with van der Waals surface area (Å²) in [6.45, 7) is 2.84. The molecule has 1 heterocycles. The Bertz CT molecular complexity index is 599. The van der Waals surface area contributed by atoms with Crippen molar-refractivity contribution in [2.45, 2.75) is 26.2 Å². The first-order valence-corrected chi connectivity index (χ1v) is 8.42. The van der Waals surface area contributed by atoms with Crippen LogP contribution in [0, 0.1) is 0 Å². The second kappa shape index (κ2) is 8.19. The average Bonchev–Trinajstić information content (AvgIpc) is 2.82. The third-order valence-corrected chi connectivity index (χ3v) is 4.30. The first-order chi connectivity index (χ1) is 10.6. The van der Waals surface area contributed by atoms with Gasteiger partial charge in [-0.3, -0.25) is 4.79 Å². The molecule has 1 N–H and O–H groups in total. The fourth-order valence-electron chi connectivity index (χ4n) is 2.00. The number of carbonyl (C=O) groups excluding carboxylic acids is 1. The highest BCUT2D eigenvalue weighted by Gasteiger charge is 2.22. The third kappa shape index (κ3) is 4.48. The molecule has 2 rings (SSSR count). The summed E-state index contributed by atoms with van der Waals surface area (Å²) in [6, 6.07) is 5.63. The van der Waals surface area contributed by atoms with E-state index in [2.05, 4.69) is 12.2 Å². The normalized spacial score (nSPS) is 16.0. The van der Waals surface area contributed by atoms with E-state index in [-0.39, 0.29) is 5.91 Å². The van der Waals surface area contributed by atoms with Gasteiger partial charge in [0.05, 0.1) is 18.6 Å². The Morgan fingerprint density at radius 3 is 2.77 bits per heavy atom. The lowest BCUT2D eigenvalue weighted by Crippen LogP contribution is -2.17. The van der Waals surface area contributed by atoms with Gasteiger partial charge >= 0.3 is 0 Å². The summed E-state index contributed by atoms with van der Waals surface area (Å²) >= 11 is 6.24. The van der Waals surface area contributed by atoms with Crippen molar-refractivity contribution in [1.82, 2.24) is 5.32 Å². The zero-order valence-electron chi connectivity index (χ0n) is 12.7. The van der Waals surface area contributed by atoms with Gasteiger partial charge < -0.3 is 14.8 Å². The third-order valence-electron chi connectivity index (χ3n) is 3.13. The van der Waals surface area contributed by atoms with Crippen LogP contribution >= 0.6 is 24.0 Å². The number of unbranched alkanes of at least 4 members (excludes halogenated alkanes) is 2. The maximum Gasteiger partial charge on any atom is 0.263 e. The van der Waals surface area contributed by atoms with Gasteiger partial charge in [-0.05, 0) is 30.2 Å². The molecule has 6 heteroatoms. The van der Waals surface area contributed by atoms with Crippen molar-refractivity contribution in [2.24, 2.45) is 0 Å². The molecule has 1 saturated heterocycles. The molecule has 0 aromatic heterocycles. The largest absolute Gasteiger partial charge is 0.493 e. The molecule has 0 atom stereocenters. The molecule has 0 unspecified atom stereocenters. The second-order valence-corrected chi connectivity index (χ2v) is 6.54. The SMILES string of the molecule is CCCCCOc1ccc(/C=C2\SC(=S)NC2=O)cc1OC. The fraction of sp³-hybridized carbons (Fsp3) is 0.375. The summed E-state index contributed by atoms with van der Waals surface area (Å²) in [5.74, 6) is 1.23. The molecule has 1 aliphatic heterocycles. The molecule has 1 fully saturated rings. The predicted molar refractivity (Wildman–Crippen MR) is 94.3 cm³/mol. The van der Waals surface area contributed by atoms with Gasteiger partial charge in [0.1, 0.15) is 4.32 Å². The topological polar surface area (TPSA) is 47.6 Å². The van der Waals surface area contributed by atoms with Gasteiger partial charge in [-0.25, -0.2) is 0 Å².